The summed E-state index contributed by atoms with van der Waals surface area (Å²) < 4.78 is 30.5. The summed E-state index contributed by atoms with van der Waals surface area (Å²) >= 11 is 0. The molecule has 7 nitrogen and oxygen atoms in total. The molecule has 0 saturated carbocycles. The van der Waals surface area contributed by atoms with E-state index in [4.69, 9.17) is 5.10 Å². The summed E-state index contributed by atoms with van der Waals surface area (Å²) in [7, 11) is -3.97. The molecule has 1 heterocycles. The van der Waals surface area contributed by atoms with Gasteiger partial charge in [-0.05, 0) is 44.4 Å². The molecule has 0 fully saturated rings. The SMILES string of the molecule is Cc1ccc(-n2nc(-c3ccccc3)cc2NC(=O)CN(C(C)C)S(=O)(=O)c2cccc3ccccc23)cc1. The largest absolute Gasteiger partial charge is 0.309 e. The van der Waals surface area contributed by atoms with Crippen LogP contribution in [0.15, 0.2) is 108 Å². The normalized spacial score (nSPS) is 11.8. The lowest BCUT2D eigenvalue weighted by atomic mass is 10.1. The lowest BCUT2D eigenvalue weighted by Crippen LogP contribution is -2.42. The lowest BCUT2D eigenvalue weighted by molar-refractivity contribution is -0.116. The van der Waals surface area contributed by atoms with Crippen molar-refractivity contribution in [3.63, 3.8) is 0 Å². The molecule has 0 aliphatic rings. The maximum atomic E-state index is 13.8. The van der Waals surface area contributed by atoms with E-state index in [-0.39, 0.29) is 11.4 Å². The smallest absolute Gasteiger partial charge is 0.244 e. The zero-order chi connectivity index (χ0) is 27.6. The Bertz CT molecular complexity index is 1720. The van der Waals surface area contributed by atoms with Gasteiger partial charge in [-0.3, -0.25) is 4.79 Å². The van der Waals surface area contributed by atoms with Gasteiger partial charge < -0.3 is 5.32 Å². The van der Waals surface area contributed by atoms with Crippen molar-refractivity contribution < 1.29 is 13.2 Å². The van der Waals surface area contributed by atoms with Crippen LogP contribution in [-0.2, 0) is 14.8 Å². The summed E-state index contributed by atoms with van der Waals surface area (Å²) in [6, 6.07) is 31.4. The van der Waals surface area contributed by atoms with Gasteiger partial charge in [0, 0.05) is 23.1 Å². The Balaban J connectivity index is 1.47. The van der Waals surface area contributed by atoms with Crippen LogP contribution in [0.2, 0.25) is 0 Å². The van der Waals surface area contributed by atoms with E-state index in [0.29, 0.717) is 16.9 Å². The summed E-state index contributed by atoms with van der Waals surface area (Å²) in [5.41, 5.74) is 3.48. The Labute approximate surface area is 228 Å². The second-order valence-corrected chi connectivity index (χ2v) is 11.6. The number of hydrogen-bond acceptors (Lipinski definition) is 4. The van der Waals surface area contributed by atoms with E-state index in [1.54, 1.807) is 42.8 Å². The number of fused-ring (bicyclic) bond motifs is 1. The zero-order valence-corrected chi connectivity index (χ0v) is 22.9. The number of benzene rings is 4. The van der Waals surface area contributed by atoms with Crippen LogP contribution in [0.25, 0.3) is 27.7 Å². The molecule has 0 saturated heterocycles. The van der Waals surface area contributed by atoms with Crippen molar-refractivity contribution in [3.8, 4) is 16.9 Å². The van der Waals surface area contributed by atoms with Gasteiger partial charge in [-0.15, -0.1) is 0 Å². The number of aromatic nitrogens is 2. The van der Waals surface area contributed by atoms with Gasteiger partial charge in [-0.1, -0.05) is 84.4 Å². The van der Waals surface area contributed by atoms with Crippen molar-refractivity contribution in [2.45, 2.75) is 31.7 Å². The van der Waals surface area contributed by atoms with Crippen molar-refractivity contribution in [2.24, 2.45) is 0 Å². The molecular weight excluding hydrogens is 508 g/mol. The molecule has 4 aromatic carbocycles. The maximum absolute atomic E-state index is 13.8. The number of anilines is 1. The van der Waals surface area contributed by atoms with Gasteiger partial charge in [0.1, 0.15) is 5.82 Å². The second-order valence-electron chi connectivity index (χ2n) is 9.70. The molecule has 0 unspecified atom stereocenters. The number of aryl methyl sites for hydroxylation is 1. The summed E-state index contributed by atoms with van der Waals surface area (Å²) in [5, 5.41) is 9.11. The highest BCUT2D eigenvalue weighted by atomic mass is 32.2. The quantitative estimate of drug-likeness (QED) is 0.261. The lowest BCUT2D eigenvalue weighted by Gasteiger charge is -2.26. The first-order valence-electron chi connectivity index (χ1n) is 12.8. The summed E-state index contributed by atoms with van der Waals surface area (Å²) in [6.45, 7) is 5.19. The molecule has 0 atom stereocenters. The van der Waals surface area contributed by atoms with Crippen LogP contribution in [-0.4, -0.2) is 41.0 Å². The number of rotatable bonds is 8. The summed E-state index contributed by atoms with van der Waals surface area (Å²) in [5.74, 6) is -0.00523. The van der Waals surface area contributed by atoms with E-state index in [0.717, 1.165) is 22.2 Å². The number of amides is 1. The van der Waals surface area contributed by atoms with Gasteiger partial charge in [-0.2, -0.15) is 9.40 Å². The van der Waals surface area contributed by atoms with Gasteiger partial charge in [0.25, 0.3) is 0 Å². The average molecular weight is 539 g/mol. The molecule has 198 valence electrons. The molecule has 0 aliphatic heterocycles. The molecule has 1 N–H and O–H groups in total. The number of hydrogen-bond donors (Lipinski definition) is 1. The van der Waals surface area contributed by atoms with Crippen molar-refractivity contribution in [3.05, 3.63) is 109 Å². The number of carbonyl (C=O) groups is 1. The van der Waals surface area contributed by atoms with Gasteiger partial charge in [0.2, 0.25) is 15.9 Å². The molecule has 0 spiro atoms. The molecule has 0 aliphatic carbocycles. The first-order chi connectivity index (χ1) is 18.7. The molecule has 1 amide bonds. The summed E-state index contributed by atoms with van der Waals surface area (Å²) in [6.07, 6.45) is 0. The van der Waals surface area contributed by atoms with Crippen molar-refractivity contribution in [1.29, 1.82) is 0 Å². The number of nitrogens with zero attached hydrogens (tertiary/aromatic N) is 3. The van der Waals surface area contributed by atoms with E-state index in [2.05, 4.69) is 5.32 Å². The third kappa shape index (κ3) is 5.48. The fraction of sp³-hybridized carbons (Fsp3) is 0.161. The van der Waals surface area contributed by atoms with Crippen molar-refractivity contribution in [2.75, 3.05) is 11.9 Å². The van der Waals surface area contributed by atoms with E-state index < -0.39 is 22.0 Å². The van der Waals surface area contributed by atoms with Gasteiger partial charge in [-0.25, -0.2) is 13.1 Å². The molecule has 39 heavy (non-hydrogen) atoms. The van der Waals surface area contributed by atoms with Gasteiger partial charge >= 0.3 is 0 Å². The van der Waals surface area contributed by atoms with E-state index in [1.165, 1.54) is 4.31 Å². The van der Waals surface area contributed by atoms with Crippen LogP contribution >= 0.6 is 0 Å². The van der Waals surface area contributed by atoms with Crippen LogP contribution in [0.1, 0.15) is 19.4 Å². The third-order valence-electron chi connectivity index (χ3n) is 6.54. The zero-order valence-electron chi connectivity index (χ0n) is 22.1. The average Bonchev–Trinajstić information content (AvgIpc) is 3.35. The van der Waals surface area contributed by atoms with E-state index >= 15 is 0 Å². The highest BCUT2D eigenvalue weighted by Crippen LogP contribution is 2.28. The van der Waals surface area contributed by atoms with Gasteiger partial charge in [0.05, 0.1) is 22.8 Å². The van der Waals surface area contributed by atoms with Crippen LogP contribution in [0, 0.1) is 6.92 Å². The number of carbonyl (C=O) groups excluding carboxylic acids is 1. The van der Waals surface area contributed by atoms with Crippen LogP contribution in [0.3, 0.4) is 0 Å². The standard InChI is InChI=1S/C31H30N4O3S/c1-22(2)34(39(37,38)29-15-9-13-24-10-7-8-14-27(24)29)21-31(36)32-30-20-28(25-11-5-4-6-12-25)33-35(30)26-18-16-23(3)17-19-26/h4-20,22H,21H2,1-3H3,(H,32,36). The Morgan fingerprint density at radius 3 is 2.28 bits per heavy atom. The van der Waals surface area contributed by atoms with Crippen molar-refractivity contribution in [1.82, 2.24) is 14.1 Å². The Morgan fingerprint density at radius 1 is 0.897 bits per heavy atom. The monoisotopic (exact) mass is 538 g/mol. The Morgan fingerprint density at radius 2 is 1.56 bits per heavy atom. The van der Waals surface area contributed by atoms with E-state index in [9.17, 15) is 13.2 Å². The second kappa shape index (κ2) is 10.8. The minimum absolute atomic E-state index is 0.179. The molecule has 1 aromatic heterocycles. The van der Waals surface area contributed by atoms with Crippen molar-refractivity contribution >= 4 is 32.5 Å². The minimum atomic E-state index is -3.97. The maximum Gasteiger partial charge on any atom is 0.244 e. The Hall–Kier alpha value is -4.27. The predicted octanol–water partition coefficient (Wildman–Crippen LogP) is 6.04. The van der Waals surface area contributed by atoms with Crippen LogP contribution in [0.5, 0.6) is 0 Å². The molecule has 0 bridgehead atoms. The first-order valence-corrected chi connectivity index (χ1v) is 14.2. The molecular formula is C31H30N4O3S. The highest BCUT2D eigenvalue weighted by Gasteiger charge is 2.30. The topological polar surface area (TPSA) is 84.3 Å². The number of sulfonamides is 1. The van der Waals surface area contributed by atoms with Crippen LogP contribution in [0.4, 0.5) is 5.82 Å². The van der Waals surface area contributed by atoms with Crippen LogP contribution < -0.4 is 5.32 Å². The highest BCUT2D eigenvalue weighted by molar-refractivity contribution is 7.89. The molecule has 5 aromatic rings. The number of nitrogens with one attached hydrogen (secondary N) is 1. The van der Waals surface area contributed by atoms with E-state index in [1.807, 2.05) is 85.8 Å². The molecule has 0 radical (unpaired) electrons. The third-order valence-corrected chi connectivity index (χ3v) is 8.62. The minimum Gasteiger partial charge on any atom is -0.309 e. The summed E-state index contributed by atoms with van der Waals surface area (Å²) in [4.78, 5) is 13.6. The first kappa shape index (κ1) is 26.3. The Kier molecular flexibility index (Phi) is 7.32. The van der Waals surface area contributed by atoms with Gasteiger partial charge in [0.15, 0.2) is 0 Å². The fourth-order valence-corrected chi connectivity index (χ4v) is 6.33. The predicted molar refractivity (Wildman–Crippen MR) is 155 cm³/mol. The molecule has 8 heteroatoms. The fourth-order valence-electron chi connectivity index (χ4n) is 4.52. The molecule has 5 rings (SSSR count).